The van der Waals surface area contributed by atoms with Gasteiger partial charge in [0.15, 0.2) is 12.2 Å². The van der Waals surface area contributed by atoms with Crippen LogP contribution in [0.3, 0.4) is 0 Å². The number of phosphoric ester groups is 2. The molecule has 0 heterocycles. The van der Waals surface area contributed by atoms with Gasteiger partial charge < -0.3 is 33.8 Å². The molecule has 19 heteroatoms. The van der Waals surface area contributed by atoms with Crippen molar-refractivity contribution in [2.75, 3.05) is 39.6 Å². The van der Waals surface area contributed by atoms with Crippen molar-refractivity contribution < 1.29 is 80.2 Å². The molecule has 5 atom stereocenters. The maximum Gasteiger partial charge on any atom is 0.472 e. The van der Waals surface area contributed by atoms with E-state index in [0.29, 0.717) is 25.7 Å². The third-order valence-electron chi connectivity index (χ3n) is 18.8. The number of carbonyl (C=O) groups is 4. The average Bonchev–Trinajstić information content (AvgIpc) is 1.10. The summed E-state index contributed by atoms with van der Waals surface area (Å²) < 4.78 is 68.5. The molecule has 0 aromatic heterocycles. The van der Waals surface area contributed by atoms with Gasteiger partial charge in [0.05, 0.1) is 26.4 Å². The van der Waals surface area contributed by atoms with Crippen molar-refractivity contribution in [1.29, 1.82) is 0 Å². The Hall–Kier alpha value is -1.94. The van der Waals surface area contributed by atoms with Gasteiger partial charge in [0.1, 0.15) is 19.3 Å². The largest absolute Gasteiger partial charge is 0.472 e. The lowest BCUT2D eigenvalue weighted by atomic mass is 10.0. The Balaban J connectivity index is 5.12. The lowest BCUT2D eigenvalue weighted by molar-refractivity contribution is -0.161. The molecule has 0 fully saturated rings. The summed E-state index contributed by atoms with van der Waals surface area (Å²) >= 11 is 0. The van der Waals surface area contributed by atoms with Crippen LogP contribution in [0.1, 0.15) is 426 Å². The molecule has 17 nitrogen and oxygen atoms in total. The highest BCUT2D eigenvalue weighted by molar-refractivity contribution is 7.47. The van der Waals surface area contributed by atoms with Crippen molar-refractivity contribution in [2.24, 2.45) is 5.92 Å². The molecule has 0 aromatic rings. The first-order valence-corrected chi connectivity index (χ1v) is 44.6. The summed E-state index contributed by atoms with van der Waals surface area (Å²) in [5.74, 6) is -1.31. The van der Waals surface area contributed by atoms with Crippen molar-refractivity contribution in [3.05, 3.63) is 0 Å². The minimum Gasteiger partial charge on any atom is -0.462 e. The van der Waals surface area contributed by atoms with E-state index in [4.69, 9.17) is 37.0 Å². The Bertz CT molecular complexity index is 1890. The van der Waals surface area contributed by atoms with Crippen molar-refractivity contribution in [3.8, 4) is 0 Å². The molecule has 99 heavy (non-hydrogen) atoms. The van der Waals surface area contributed by atoms with Crippen LogP contribution in [0.15, 0.2) is 0 Å². The van der Waals surface area contributed by atoms with Gasteiger partial charge in [0.2, 0.25) is 0 Å². The molecule has 3 N–H and O–H groups in total. The second-order valence-electron chi connectivity index (χ2n) is 29.3. The number of hydrogen-bond acceptors (Lipinski definition) is 15. The van der Waals surface area contributed by atoms with Crippen LogP contribution in [0, 0.1) is 5.92 Å². The highest BCUT2D eigenvalue weighted by Gasteiger charge is 2.30. The van der Waals surface area contributed by atoms with Gasteiger partial charge in [-0.25, -0.2) is 9.13 Å². The average molecular weight is 1450 g/mol. The Kier molecular flexibility index (Phi) is 71.6. The fraction of sp³-hybridized carbons (Fsp3) is 0.950. The van der Waals surface area contributed by atoms with E-state index in [1.54, 1.807) is 0 Å². The van der Waals surface area contributed by atoms with Crippen LogP contribution in [0.5, 0.6) is 0 Å². The van der Waals surface area contributed by atoms with E-state index in [0.717, 1.165) is 102 Å². The topological polar surface area (TPSA) is 237 Å². The molecule has 2 unspecified atom stereocenters. The van der Waals surface area contributed by atoms with Crippen LogP contribution >= 0.6 is 15.6 Å². The molecule has 0 radical (unpaired) electrons. The van der Waals surface area contributed by atoms with Gasteiger partial charge in [-0.3, -0.25) is 37.3 Å². The van der Waals surface area contributed by atoms with Crippen LogP contribution in [-0.4, -0.2) is 96.7 Å². The predicted molar refractivity (Wildman–Crippen MR) is 405 cm³/mol. The van der Waals surface area contributed by atoms with Crippen molar-refractivity contribution in [3.63, 3.8) is 0 Å². The van der Waals surface area contributed by atoms with Crippen LogP contribution < -0.4 is 0 Å². The van der Waals surface area contributed by atoms with Crippen LogP contribution in [0.25, 0.3) is 0 Å². The summed E-state index contributed by atoms with van der Waals surface area (Å²) in [5, 5.41) is 10.6. The Morgan fingerprint density at radius 3 is 0.687 bits per heavy atom. The van der Waals surface area contributed by atoms with Crippen molar-refractivity contribution >= 4 is 39.5 Å². The van der Waals surface area contributed by atoms with Gasteiger partial charge >= 0.3 is 39.5 Å². The van der Waals surface area contributed by atoms with Gasteiger partial charge in [-0.05, 0) is 31.6 Å². The number of rotatable bonds is 80. The molecule has 0 saturated heterocycles. The molecule has 0 aliphatic carbocycles. The number of unbranched alkanes of at least 4 members (excludes halogenated alkanes) is 52. The van der Waals surface area contributed by atoms with E-state index in [1.165, 1.54) is 244 Å². The summed E-state index contributed by atoms with van der Waals surface area (Å²) in [7, 11) is -9.91. The Morgan fingerprint density at radius 2 is 0.465 bits per heavy atom. The third kappa shape index (κ3) is 74.1. The first-order valence-electron chi connectivity index (χ1n) is 41.6. The molecular weight excluding hydrogens is 1290 g/mol. The SMILES string of the molecule is CCCCCCCCCCCCCCCCCCCCCC(=O)OC[C@H](COP(=O)(O)OC[C@@H](O)COP(=O)(O)OC[C@@H](COC(=O)CCCCCCC)OC(=O)CCCCCCCCCCCCCCCCCC)OC(=O)CCCCCCCCCCCCCCCCCCC(C)C. The van der Waals surface area contributed by atoms with Gasteiger partial charge in [-0.1, -0.05) is 375 Å². The molecule has 0 aliphatic rings. The normalized spacial score (nSPS) is 13.9. The number of hydrogen-bond donors (Lipinski definition) is 3. The smallest absolute Gasteiger partial charge is 0.462 e. The molecule has 0 bridgehead atoms. The minimum absolute atomic E-state index is 0.108. The van der Waals surface area contributed by atoms with Crippen LogP contribution in [-0.2, 0) is 65.4 Å². The Labute approximate surface area is 607 Å². The maximum absolute atomic E-state index is 13.1. The van der Waals surface area contributed by atoms with E-state index < -0.39 is 97.5 Å². The van der Waals surface area contributed by atoms with E-state index in [2.05, 4.69) is 34.6 Å². The number of ether oxygens (including phenoxy) is 4. The molecule has 0 rings (SSSR count). The lowest BCUT2D eigenvalue weighted by Crippen LogP contribution is -2.30. The number of aliphatic hydroxyl groups excluding tert-OH is 1. The third-order valence-corrected chi connectivity index (χ3v) is 20.7. The van der Waals surface area contributed by atoms with E-state index in [9.17, 15) is 43.2 Å². The summed E-state index contributed by atoms with van der Waals surface area (Å²) in [6.45, 7) is 7.27. The molecule has 0 spiro atoms. The summed E-state index contributed by atoms with van der Waals surface area (Å²) in [6.07, 6.45) is 64.3. The number of carbonyl (C=O) groups excluding carboxylic acids is 4. The zero-order valence-electron chi connectivity index (χ0n) is 64.6. The van der Waals surface area contributed by atoms with E-state index in [-0.39, 0.29) is 25.7 Å². The predicted octanol–water partition coefficient (Wildman–Crippen LogP) is 24.0. The molecule has 0 amide bonds. The van der Waals surface area contributed by atoms with Crippen LogP contribution in [0.2, 0.25) is 0 Å². The molecule has 0 aliphatic heterocycles. The van der Waals surface area contributed by atoms with Crippen molar-refractivity contribution in [1.82, 2.24) is 0 Å². The summed E-state index contributed by atoms with van der Waals surface area (Å²) in [5.41, 5.74) is 0. The van der Waals surface area contributed by atoms with Crippen molar-refractivity contribution in [2.45, 2.75) is 445 Å². The Morgan fingerprint density at radius 1 is 0.273 bits per heavy atom. The fourth-order valence-corrected chi connectivity index (χ4v) is 14.0. The minimum atomic E-state index is -4.96. The second-order valence-corrected chi connectivity index (χ2v) is 32.2. The van der Waals surface area contributed by atoms with Gasteiger partial charge in [-0.2, -0.15) is 0 Å². The fourth-order valence-electron chi connectivity index (χ4n) is 12.4. The first kappa shape index (κ1) is 97.1. The number of phosphoric acid groups is 2. The standard InChI is InChI=1S/C80H156O17P2/c1-6-9-12-15-17-19-21-23-25-27-28-29-34-37-41-45-49-54-59-64-78(83)91-70-76(97-80(85)66-61-56-51-47-43-39-35-31-30-32-36-40-44-48-53-57-62-73(4)5)72-95-99(88,89)93-68-74(81)67-92-98(86,87)94-71-75(69-90-77(82)63-58-52-14-11-8-3)96-79(84)65-60-55-50-46-42-38-33-26-24-22-20-18-16-13-10-7-2/h73-76,81H,6-72H2,1-5H3,(H,86,87)(H,88,89)/t74-,75+,76+/m0/s1. The number of aliphatic hydroxyl groups is 1. The van der Waals surface area contributed by atoms with Gasteiger partial charge in [0, 0.05) is 25.7 Å². The highest BCUT2D eigenvalue weighted by Crippen LogP contribution is 2.45. The maximum atomic E-state index is 13.1. The lowest BCUT2D eigenvalue weighted by Gasteiger charge is -2.21. The van der Waals surface area contributed by atoms with E-state index >= 15 is 0 Å². The van der Waals surface area contributed by atoms with E-state index in [1.807, 2.05) is 0 Å². The van der Waals surface area contributed by atoms with Gasteiger partial charge in [-0.15, -0.1) is 0 Å². The summed E-state index contributed by atoms with van der Waals surface area (Å²) in [4.78, 5) is 72.7. The monoisotopic (exact) mass is 1450 g/mol. The molecule has 0 aromatic carbocycles. The van der Waals surface area contributed by atoms with Gasteiger partial charge in [0.25, 0.3) is 0 Å². The molecule has 0 saturated carbocycles. The van der Waals surface area contributed by atoms with Crippen LogP contribution in [0.4, 0.5) is 0 Å². The summed E-state index contributed by atoms with van der Waals surface area (Å²) in [6, 6.07) is 0. The highest BCUT2D eigenvalue weighted by atomic mass is 31.2. The second kappa shape index (κ2) is 73.0. The molecular formula is C80H156O17P2. The zero-order chi connectivity index (χ0) is 72.7. The quantitative estimate of drug-likeness (QED) is 0.0222. The number of esters is 4. The zero-order valence-corrected chi connectivity index (χ0v) is 66.4. The molecule has 588 valence electrons. The first-order chi connectivity index (χ1) is 48.0.